The Bertz CT molecular complexity index is 1490. The van der Waals surface area contributed by atoms with Gasteiger partial charge in [-0.2, -0.15) is 5.26 Å². The molecule has 1 aromatic heterocycles. The second-order valence-corrected chi connectivity index (χ2v) is 9.58. The van der Waals surface area contributed by atoms with Gasteiger partial charge in [0.1, 0.15) is 10.8 Å². The van der Waals surface area contributed by atoms with Gasteiger partial charge in [0.05, 0.1) is 29.4 Å². The van der Waals surface area contributed by atoms with Crippen molar-refractivity contribution < 1.29 is 14.0 Å². The summed E-state index contributed by atoms with van der Waals surface area (Å²) in [4.78, 5) is 32.0. The summed E-state index contributed by atoms with van der Waals surface area (Å²) >= 11 is 2.73. The molecule has 0 spiro atoms. The molecule has 0 saturated carbocycles. The number of hydrogen-bond donors (Lipinski definition) is 2. The van der Waals surface area contributed by atoms with Crippen LogP contribution in [0.1, 0.15) is 31.2 Å². The molecule has 2 N–H and O–H groups in total. The summed E-state index contributed by atoms with van der Waals surface area (Å²) in [7, 11) is 0. The number of nitrogens with one attached hydrogen (secondary N) is 2. The largest absolute Gasteiger partial charge is 0.347 e. The van der Waals surface area contributed by atoms with Crippen LogP contribution in [0.15, 0.2) is 76.7 Å². The van der Waals surface area contributed by atoms with Gasteiger partial charge in [-0.15, -0.1) is 11.3 Å². The van der Waals surface area contributed by atoms with Gasteiger partial charge in [0.15, 0.2) is 0 Å². The Morgan fingerprint density at radius 3 is 2.76 bits per heavy atom. The smallest absolute Gasteiger partial charge is 0.256 e. The predicted molar refractivity (Wildman–Crippen MR) is 128 cm³/mol. The Balaban J connectivity index is 1.29. The molecule has 5 rings (SSSR count). The van der Waals surface area contributed by atoms with Gasteiger partial charge in [0.2, 0.25) is 0 Å². The van der Waals surface area contributed by atoms with Crippen molar-refractivity contribution >= 4 is 40.6 Å². The zero-order valence-electron chi connectivity index (χ0n) is 17.5. The molecule has 166 valence electrons. The lowest BCUT2D eigenvalue weighted by Crippen LogP contribution is -2.22. The molecule has 1 aliphatic rings. The van der Waals surface area contributed by atoms with Crippen molar-refractivity contribution in [1.29, 1.82) is 5.26 Å². The van der Waals surface area contributed by atoms with Gasteiger partial charge in [0.25, 0.3) is 11.8 Å². The van der Waals surface area contributed by atoms with E-state index in [9.17, 15) is 14.0 Å². The van der Waals surface area contributed by atoms with E-state index < -0.39 is 5.82 Å². The standard InChI is InChI=1S/C25H15FN4O2S2/c26-19-9-14(11-27)5-7-17(19)25-29-13-16(33-25)12-28-23(31)15-6-8-22-20(10-15)30-24(32)18-3-1-2-4-21(18)34-22/h1-10,13H,12H2,(H,28,31)(H,30,32). The summed E-state index contributed by atoms with van der Waals surface area (Å²) in [5.74, 6) is -1.04. The fourth-order valence-electron chi connectivity index (χ4n) is 3.45. The van der Waals surface area contributed by atoms with Crippen molar-refractivity contribution in [1.82, 2.24) is 10.3 Å². The highest BCUT2D eigenvalue weighted by Gasteiger charge is 2.21. The van der Waals surface area contributed by atoms with Crippen LogP contribution >= 0.6 is 23.1 Å². The molecule has 0 aliphatic carbocycles. The second-order valence-electron chi connectivity index (χ2n) is 7.38. The third-order valence-electron chi connectivity index (χ3n) is 5.15. The Labute approximate surface area is 202 Å². The highest BCUT2D eigenvalue weighted by Crippen LogP contribution is 2.39. The summed E-state index contributed by atoms with van der Waals surface area (Å²) in [6.07, 6.45) is 1.59. The lowest BCUT2D eigenvalue weighted by molar-refractivity contribution is 0.0949. The summed E-state index contributed by atoms with van der Waals surface area (Å²) in [5.41, 5.74) is 2.13. The number of carbonyl (C=O) groups is 2. The number of nitriles is 1. The number of carbonyl (C=O) groups excluding carboxylic acids is 2. The van der Waals surface area contributed by atoms with E-state index in [1.165, 1.54) is 41.3 Å². The summed E-state index contributed by atoms with van der Waals surface area (Å²) in [6, 6.07) is 18.7. The van der Waals surface area contributed by atoms with E-state index in [4.69, 9.17) is 5.26 Å². The number of amides is 2. The Hall–Kier alpha value is -4.00. The number of anilines is 1. The van der Waals surface area contributed by atoms with Gasteiger partial charge >= 0.3 is 0 Å². The van der Waals surface area contributed by atoms with Crippen LogP contribution < -0.4 is 10.6 Å². The van der Waals surface area contributed by atoms with Crippen LogP contribution in [-0.2, 0) is 6.54 Å². The minimum atomic E-state index is -0.518. The third-order valence-corrected chi connectivity index (χ3v) is 7.33. The maximum absolute atomic E-state index is 14.3. The lowest BCUT2D eigenvalue weighted by Gasteiger charge is -2.09. The number of thiazole rings is 1. The van der Waals surface area contributed by atoms with E-state index in [1.54, 1.807) is 24.4 Å². The third kappa shape index (κ3) is 4.29. The van der Waals surface area contributed by atoms with Crippen molar-refractivity contribution in [3.8, 4) is 16.6 Å². The minimum Gasteiger partial charge on any atom is -0.347 e. The van der Waals surface area contributed by atoms with Gasteiger partial charge in [-0.3, -0.25) is 9.59 Å². The van der Waals surface area contributed by atoms with Gasteiger partial charge in [-0.1, -0.05) is 23.9 Å². The van der Waals surface area contributed by atoms with Crippen LogP contribution in [-0.4, -0.2) is 16.8 Å². The predicted octanol–water partition coefficient (Wildman–Crippen LogP) is 5.47. The van der Waals surface area contributed by atoms with Crippen molar-refractivity contribution in [3.05, 3.63) is 94.2 Å². The van der Waals surface area contributed by atoms with Crippen molar-refractivity contribution in [2.45, 2.75) is 16.3 Å². The number of halogens is 1. The molecular weight excluding hydrogens is 471 g/mol. The molecule has 4 aromatic rings. The van der Waals surface area contributed by atoms with E-state index in [1.807, 2.05) is 30.3 Å². The number of benzene rings is 3. The molecule has 9 heteroatoms. The fraction of sp³-hybridized carbons (Fsp3) is 0.0400. The molecule has 0 unspecified atom stereocenters. The van der Waals surface area contributed by atoms with E-state index >= 15 is 0 Å². The van der Waals surface area contributed by atoms with Gasteiger partial charge in [0, 0.05) is 32.0 Å². The van der Waals surface area contributed by atoms with Crippen molar-refractivity contribution in [2.24, 2.45) is 0 Å². The van der Waals surface area contributed by atoms with E-state index in [0.717, 1.165) is 14.7 Å². The lowest BCUT2D eigenvalue weighted by atomic mass is 10.1. The molecule has 6 nitrogen and oxygen atoms in total. The van der Waals surface area contributed by atoms with Gasteiger partial charge < -0.3 is 10.6 Å². The molecule has 2 heterocycles. The molecule has 3 aromatic carbocycles. The van der Waals surface area contributed by atoms with Crippen LogP contribution in [0.3, 0.4) is 0 Å². The first-order valence-corrected chi connectivity index (χ1v) is 11.8. The average Bonchev–Trinajstić information content (AvgIpc) is 3.26. The molecule has 0 radical (unpaired) electrons. The normalized spacial score (nSPS) is 12.1. The fourth-order valence-corrected chi connectivity index (χ4v) is 5.34. The number of rotatable bonds is 4. The summed E-state index contributed by atoms with van der Waals surface area (Å²) in [5, 5.41) is 15.1. The molecule has 0 fully saturated rings. The summed E-state index contributed by atoms with van der Waals surface area (Å²) < 4.78 is 14.3. The monoisotopic (exact) mass is 486 g/mol. The number of hydrogen-bond acceptors (Lipinski definition) is 6. The van der Waals surface area contributed by atoms with Crippen LogP contribution in [0.4, 0.5) is 10.1 Å². The van der Waals surface area contributed by atoms with Crippen molar-refractivity contribution in [3.63, 3.8) is 0 Å². The maximum atomic E-state index is 14.3. The van der Waals surface area contributed by atoms with Crippen LogP contribution in [0.2, 0.25) is 0 Å². The topological polar surface area (TPSA) is 94.9 Å². The molecule has 0 saturated heterocycles. The quantitative estimate of drug-likeness (QED) is 0.399. The first-order valence-electron chi connectivity index (χ1n) is 10.2. The average molecular weight is 487 g/mol. The molecule has 0 bridgehead atoms. The molecule has 2 amide bonds. The molecule has 1 aliphatic heterocycles. The Kier molecular flexibility index (Phi) is 5.84. The zero-order valence-corrected chi connectivity index (χ0v) is 19.1. The molecule has 34 heavy (non-hydrogen) atoms. The number of nitrogens with zero attached hydrogens (tertiary/aromatic N) is 2. The first-order chi connectivity index (χ1) is 16.5. The van der Waals surface area contributed by atoms with E-state index in [-0.39, 0.29) is 23.9 Å². The maximum Gasteiger partial charge on any atom is 0.256 e. The van der Waals surface area contributed by atoms with Gasteiger partial charge in [-0.25, -0.2) is 9.37 Å². The Morgan fingerprint density at radius 1 is 1.09 bits per heavy atom. The van der Waals surface area contributed by atoms with Crippen LogP contribution in [0.5, 0.6) is 0 Å². The second kappa shape index (κ2) is 9.09. The molecular formula is C25H15FN4O2S2. The molecule has 0 atom stereocenters. The highest BCUT2D eigenvalue weighted by atomic mass is 32.2. The minimum absolute atomic E-state index is 0.216. The Morgan fingerprint density at radius 2 is 1.94 bits per heavy atom. The SMILES string of the molecule is N#Cc1ccc(-c2ncc(CNC(=O)c3ccc4c(c3)NC(=O)c3ccccc3S4)s2)c(F)c1. The summed E-state index contributed by atoms with van der Waals surface area (Å²) in [6.45, 7) is 0.220. The first kappa shape index (κ1) is 21.8. The number of aromatic nitrogens is 1. The van der Waals surface area contributed by atoms with E-state index in [2.05, 4.69) is 15.6 Å². The van der Waals surface area contributed by atoms with Gasteiger partial charge in [-0.05, 0) is 48.5 Å². The van der Waals surface area contributed by atoms with Crippen LogP contribution in [0.25, 0.3) is 10.6 Å². The number of fused-ring (bicyclic) bond motifs is 2. The van der Waals surface area contributed by atoms with E-state index in [0.29, 0.717) is 27.4 Å². The zero-order chi connectivity index (χ0) is 23.7. The highest BCUT2D eigenvalue weighted by molar-refractivity contribution is 7.99. The van der Waals surface area contributed by atoms with Crippen molar-refractivity contribution in [2.75, 3.05) is 5.32 Å². The van der Waals surface area contributed by atoms with Crippen LogP contribution in [0, 0.1) is 17.1 Å².